The van der Waals surface area contributed by atoms with Gasteiger partial charge in [0.25, 0.3) is 0 Å². The zero-order valence-corrected chi connectivity index (χ0v) is 18.0. The molecule has 0 spiro atoms. The number of carbonyl (C=O) groups excluding carboxylic acids is 1. The maximum atomic E-state index is 12.5. The summed E-state index contributed by atoms with van der Waals surface area (Å²) in [6.07, 6.45) is 6.09. The van der Waals surface area contributed by atoms with Crippen molar-refractivity contribution in [3.05, 3.63) is 41.9 Å². The fourth-order valence-electron chi connectivity index (χ4n) is 4.05. The Balaban J connectivity index is 1.57. The van der Waals surface area contributed by atoms with Gasteiger partial charge in [0.05, 0.1) is 30.0 Å². The number of aromatic nitrogens is 2. The largest absolute Gasteiger partial charge is 0.384 e. The molecule has 0 aromatic carbocycles. The number of rotatable bonds is 7. The third-order valence-corrected chi connectivity index (χ3v) is 5.84. The first-order valence-electron chi connectivity index (χ1n) is 10.8. The molecule has 2 aromatic heterocycles. The van der Waals surface area contributed by atoms with E-state index in [0.717, 1.165) is 35.7 Å². The summed E-state index contributed by atoms with van der Waals surface area (Å²) >= 11 is 0. The average Bonchev–Trinajstić information content (AvgIpc) is 3.63. The molecule has 31 heavy (non-hydrogen) atoms. The van der Waals surface area contributed by atoms with Crippen LogP contribution in [-0.4, -0.2) is 60.2 Å². The van der Waals surface area contributed by atoms with Crippen LogP contribution in [0.1, 0.15) is 43.4 Å². The van der Waals surface area contributed by atoms with E-state index in [2.05, 4.69) is 21.3 Å². The minimum Gasteiger partial charge on any atom is -0.384 e. The van der Waals surface area contributed by atoms with Crippen molar-refractivity contribution < 1.29 is 9.53 Å². The third kappa shape index (κ3) is 4.78. The highest BCUT2D eigenvalue weighted by molar-refractivity contribution is 5.77. The number of amides is 1. The second-order valence-corrected chi connectivity index (χ2v) is 8.16. The molecule has 1 amide bonds. The molecule has 162 valence electrons. The minimum absolute atomic E-state index is 0.0467. The lowest BCUT2D eigenvalue weighted by Crippen LogP contribution is -2.54. The first kappa shape index (κ1) is 21.1. The normalized spacial score (nSPS) is 18.5. The number of nitriles is 1. The number of hydrogen-bond donors (Lipinski definition) is 1. The van der Waals surface area contributed by atoms with E-state index in [1.807, 2.05) is 30.0 Å². The summed E-state index contributed by atoms with van der Waals surface area (Å²) in [4.78, 5) is 25.5. The fourth-order valence-corrected chi connectivity index (χ4v) is 4.05. The molecule has 1 aliphatic heterocycles. The first-order chi connectivity index (χ1) is 15.1. The van der Waals surface area contributed by atoms with E-state index >= 15 is 0 Å². The molecule has 8 nitrogen and oxygen atoms in total. The molecule has 1 unspecified atom stereocenters. The number of carbonyl (C=O) groups is 1. The first-order valence-corrected chi connectivity index (χ1v) is 10.8. The van der Waals surface area contributed by atoms with E-state index < -0.39 is 0 Å². The van der Waals surface area contributed by atoms with Crippen LogP contribution >= 0.6 is 0 Å². The van der Waals surface area contributed by atoms with Gasteiger partial charge in [-0.15, -0.1) is 0 Å². The zero-order valence-electron chi connectivity index (χ0n) is 18.0. The van der Waals surface area contributed by atoms with Crippen molar-refractivity contribution in [2.45, 2.75) is 38.1 Å². The predicted molar refractivity (Wildman–Crippen MR) is 118 cm³/mol. The number of nitrogens with one attached hydrogen (secondary N) is 1. The van der Waals surface area contributed by atoms with Crippen LogP contribution < -0.4 is 10.2 Å². The fraction of sp³-hybridized carbons (Fsp3) is 0.478. The molecule has 2 aromatic rings. The summed E-state index contributed by atoms with van der Waals surface area (Å²) in [6.45, 7) is 4.41. The van der Waals surface area contributed by atoms with Crippen LogP contribution in [0.4, 0.5) is 17.2 Å². The lowest BCUT2D eigenvalue weighted by Gasteiger charge is -2.41. The van der Waals surface area contributed by atoms with Crippen molar-refractivity contribution in [2.75, 3.05) is 43.6 Å². The highest BCUT2D eigenvalue weighted by Crippen LogP contribution is 2.44. The van der Waals surface area contributed by atoms with Crippen molar-refractivity contribution in [3.8, 4) is 6.07 Å². The standard InChI is InChI=1S/C23H28N6O2/c1-16-15-28(10-11-29(16)21(30)7-12-31-2)23-18(14-24)13-20(22(27-23)17-3-4-17)26-19-5-8-25-9-6-19/h5-6,8-9,13,16-17H,3-4,7,10-12,15H2,1-2H3,(H,25,26). The summed E-state index contributed by atoms with van der Waals surface area (Å²) in [6, 6.07) is 8.09. The maximum absolute atomic E-state index is 12.5. The van der Waals surface area contributed by atoms with E-state index in [4.69, 9.17) is 9.72 Å². The van der Waals surface area contributed by atoms with Crippen LogP contribution in [-0.2, 0) is 9.53 Å². The molecular formula is C23H28N6O2. The van der Waals surface area contributed by atoms with Crippen LogP contribution in [0.3, 0.4) is 0 Å². The lowest BCUT2D eigenvalue weighted by atomic mass is 10.1. The monoisotopic (exact) mass is 420 g/mol. The van der Waals surface area contributed by atoms with Gasteiger partial charge < -0.3 is 19.9 Å². The summed E-state index contributed by atoms with van der Waals surface area (Å²) in [5, 5.41) is 13.3. The molecule has 4 rings (SSSR count). The molecule has 0 bridgehead atoms. The second kappa shape index (κ2) is 9.31. The number of piperazine rings is 1. The minimum atomic E-state index is 0.0467. The number of pyridine rings is 2. The second-order valence-electron chi connectivity index (χ2n) is 8.16. The Bertz CT molecular complexity index is 970. The van der Waals surface area contributed by atoms with E-state index in [9.17, 15) is 10.1 Å². The summed E-state index contributed by atoms with van der Waals surface area (Å²) in [7, 11) is 1.61. The number of anilines is 3. The Labute approximate surface area is 182 Å². The Morgan fingerprint density at radius 2 is 2.10 bits per heavy atom. The van der Waals surface area contributed by atoms with Crippen molar-refractivity contribution in [2.24, 2.45) is 0 Å². The van der Waals surface area contributed by atoms with Gasteiger partial charge in [0, 0.05) is 56.8 Å². The Kier molecular flexibility index (Phi) is 6.33. The Morgan fingerprint density at radius 1 is 1.32 bits per heavy atom. The molecule has 1 aliphatic carbocycles. The molecule has 0 radical (unpaired) electrons. The van der Waals surface area contributed by atoms with Gasteiger partial charge in [0.2, 0.25) is 5.91 Å². The van der Waals surface area contributed by atoms with Crippen LogP contribution in [0.15, 0.2) is 30.6 Å². The molecule has 1 N–H and O–H groups in total. The number of hydrogen-bond acceptors (Lipinski definition) is 7. The summed E-state index contributed by atoms with van der Waals surface area (Å²) in [5.41, 5.74) is 3.37. The van der Waals surface area contributed by atoms with Gasteiger partial charge >= 0.3 is 0 Å². The molecular weight excluding hydrogens is 392 g/mol. The Morgan fingerprint density at radius 3 is 2.74 bits per heavy atom. The van der Waals surface area contributed by atoms with Gasteiger partial charge in [0.15, 0.2) is 0 Å². The molecule has 3 heterocycles. The Hall–Kier alpha value is -3.18. The van der Waals surface area contributed by atoms with E-state index in [-0.39, 0.29) is 11.9 Å². The van der Waals surface area contributed by atoms with Crippen molar-refractivity contribution in [3.63, 3.8) is 0 Å². The molecule has 2 fully saturated rings. The lowest BCUT2D eigenvalue weighted by molar-refractivity contribution is -0.134. The highest BCUT2D eigenvalue weighted by atomic mass is 16.5. The average molecular weight is 421 g/mol. The molecule has 2 aliphatic rings. The van der Waals surface area contributed by atoms with Crippen LogP contribution in [0.5, 0.6) is 0 Å². The topological polar surface area (TPSA) is 94.4 Å². The van der Waals surface area contributed by atoms with Gasteiger partial charge in [-0.3, -0.25) is 9.78 Å². The number of methoxy groups -OCH3 is 1. The third-order valence-electron chi connectivity index (χ3n) is 5.84. The van der Waals surface area contributed by atoms with E-state index in [1.165, 1.54) is 0 Å². The van der Waals surface area contributed by atoms with Crippen molar-refractivity contribution >= 4 is 23.1 Å². The highest BCUT2D eigenvalue weighted by Gasteiger charge is 2.32. The number of ether oxygens (including phenoxy) is 1. The van der Waals surface area contributed by atoms with Gasteiger partial charge in [-0.1, -0.05) is 0 Å². The van der Waals surface area contributed by atoms with Crippen LogP contribution in [0.25, 0.3) is 0 Å². The molecule has 8 heteroatoms. The van der Waals surface area contributed by atoms with E-state index in [1.54, 1.807) is 19.5 Å². The molecule has 1 saturated carbocycles. The van der Waals surface area contributed by atoms with Crippen LogP contribution in [0, 0.1) is 11.3 Å². The quantitative estimate of drug-likeness (QED) is 0.736. The van der Waals surface area contributed by atoms with Gasteiger partial charge in [0.1, 0.15) is 11.9 Å². The smallest absolute Gasteiger partial charge is 0.225 e. The summed E-state index contributed by atoms with van der Waals surface area (Å²) < 4.78 is 5.04. The van der Waals surface area contributed by atoms with Crippen LogP contribution in [0.2, 0.25) is 0 Å². The molecule has 1 atom stereocenters. The predicted octanol–water partition coefficient (Wildman–Crippen LogP) is 3.04. The van der Waals surface area contributed by atoms with Crippen molar-refractivity contribution in [1.82, 2.24) is 14.9 Å². The van der Waals surface area contributed by atoms with Gasteiger partial charge in [-0.2, -0.15) is 5.26 Å². The number of nitrogens with zero attached hydrogens (tertiary/aromatic N) is 5. The molecule has 1 saturated heterocycles. The SMILES string of the molecule is COCCC(=O)N1CCN(c2nc(C3CC3)c(Nc3ccncc3)cc2C#N)CC1C. The van der Waals surface area contributed by atoms with Crippen molar-refractivity contribution in [1.29, 1.82) is 5.26 Å². The maximum Gasteiger partial charge on any atom is 0.225 e. The van der Waals surface area contributed by atoms with E-state index in [0.29, 0.717) is 44.1 Å². The summed E-state index contributed by atoms with van der Waals surface area (Å²) in [5.74, 6) is 1.25. The van der Waals surface area contributed by atoms with Gasteiger partial charge in [-0.05, 0) is 38.0 Å². The van der Waals surface area contributed by atoms with Gasteiger partial charge in [-0.25, -0.2) is 4.98 Å². The zero-order chi connectivity index (χ0) is 21.8.